The van der Waals surface area contributed by atoms with Crippen LogP contribution in [0.25, 0.3) is 0 Å². The molecule has 0 saturated carbocycles. The van der Waals surface area contributed by atoms with Gasteiger partial charge in [-0.15, -0.1) is 10.2 Å². The summed E-state index contributed by atoms with van der Waals surface area (Å²) in [6.07, 6.45) is 0.695. The molecule has 0 radical (unpaired) electrons. The molecule has 0 aliphatic rings. The molecule has 0 aliphatic heterocycles. The molecule has 5 nitrogen and oxygen atoms in total. The molecule has 1 aromatic heterocycles. The van der Waals surface area contributed by atoms with Gasteiger partial charge in [0.05, 0.1) is 5.25 Å². The maximum atomic E-state index is 12.3. The first-order chi connectivity index (χ1) is 10.5. The highest BCUT2D eigenvalue weighted by atomic mass is 32.2. The topological polar surface area (TPSA) is 72.0 Å². The van der Waals surface area contributed by atoms with Gasteiger partial charge in [-0.25, -0.2) is 0 Å². The van der Waals surface area contributed by atoms with Crippen molar-refractivity contribution in [3.05, 3.63) is 34.8 Å². The van der Waals surface area contributed by atoms with Crippen LogP contribution < -0.4 is 5.32 Å². The Labute approximate surface area is 137 Å². The van der Waals surface area contributed by atoms with E-state index in [4.69, 9.17) is 0 Å². The number of rotatable bonds is 6. The molecule has 0 fully saturated rings. The van der Waals surface area contributed by atoms with E-state index < -0.39 is 0 Å². The third-order valence-electron chi connectivity index (χ3n) is 2.97. The number of carbonyl (C=O) groups excluding carboxylic acids is 2. The molecule has 0 bridgehead atoms. The number of hydrogen-bond donors (Lipinski definition) is 1. The Morgan fingerprint density at radius 3 is 2.45 bits per heavy atom. The number of Topliss-reactive ketones (excluding diaryl/α,β-unsaturated/α-hetero) is 1. The average Bonchev–Trinajstić information content (AvgIpc) is 2.90. The smallest absolute Gasteiger partial charge is 0.237 e. The van der Waals surface area contributed by atoms with Crippen LogP contribution in [-0.2, 0) is 4.79 Å². The van der Waals surface area contributed by atoms with E-state index in [0.29, 0.717) is 17.7 Å². The Hall–Kier alpha value is -1.73. The second-order valence-electron chi connectivity index (χ2n) is 4.72. The van der Waals surface area contributed by atoms with Crippen molar-refractivity contribution < 1.29 is 9.59 Å². The fraction of sp³-hybridized carbons (Fsp3) is 0.333. The summed E-state index contributed by atoms with van der Waals surface area (Å²) in [5.41, 5.74) is 1.31. The fourth-order valence-corrected chi connectivity index (χ4v) is 3.76. The van der Waals surface area contributed by atoms with Gasteiger partial charge < -0.3 is 5.32 Å². The molecule has 0 aliphatic carbocycles. The number of amides is 1. The third kappa shape index (κ3) is 4.38. The second-order valence-corrected chi connectivity index (χ2v) is 7.36. The molecule has 1 atom stereocenters. The van der Waals surface area contributed by atoms with E-state index in [0.717, 1.165) is 9.35 Å². The van der Waals surface area contributed by atoms with Crippen LogP contribution in [0.5, 0.6) is 0 Å². The Balaban J connectivity index is 2.00. The Morgan fingerprint density at radius 2 is 1.95 bits per heavy atom. The minimum absolute atomic E-state index is 0.00602. The number of thioether (sulfide) groups is 1. The van der Waals surface area contributed by atoms with Gasteiger partial charge in [0, 0.05) is 11.3 Å². The highest BCUT2D eigenvalue weighted by Gasteiger charge is 2.20. The van der Waals surface area contributed by atoms with E-state index >= 15 is 0 Å². The summed E-state index contributed by atoms with van der Waals surface area (Å²) in [6, 6.07) is 6.89. The molecular formula is C15H17N3O2S2. The number of nitrogens with one attached hydrogen (secondary N) is 1. The lowest BCUT2D eigenvalue weighted by molar-refractivity contribution is -0.115. The number of benzene rings is 1. The van der Waals surface area contributed by atoms with E-state index in [-0.39, 0.29) is 16.9 Å². The molecule has 1 amide bonds. The second kappa shape index (κ2) is 7.51. The number of ketones is 1. The lowest BCUT2D eigenvalue weighted by Gasteiger charge is -2.13. The molecule has 1 N–H and O–H groups in total. The van der Waals surface area contributed by atoms with Crippen molar-refractivity contribution >= 4 is 40.5 Å². The summed E-state index contributed by atoms with van der Waals surface area (Å²) in [5, 5.41) is 11.5. The van der Waals surface area contributed by atoms with Crippen molar-refractivity contribution in [2.24, 2.45) is 0 Å². The van der Waals surface area contributed by atoms with Crippen LogP contribution in [0.4, 0.5) is 5.69 Å². The number of carbonyl (C=O) groups is 2. The van der Waals surface area contributed by atoms with Gasteiger partial charge in [0.25, 0.3) is 0 Å². The first-order valence-electron chi connectivity index (χ1n) is 6.88. The number of hydrogen-bond acceptors (Lipinski definition) is 6. The SMILES string of the molecule is CC[C@@H](Sc1nnc(C)s1)C(=O)Nc1ccc(C(C)=O)cc1. The number of aromatic nitrogens is 2. The fourth-order valence-electron chi connectivity index (χ4n) is 1.78. The van der Waals surface area contributed by atoms with Gasteiger partial charge in [-0.1, -0.05) is 30.0 Å². The Bertz CT molecular complexity index is 668. The van der Waals surface area contributed by atoms with Gasteiger partial charge in [0.1, 0.15) is 5.01 Å². The van der Waals surface area contributed by atoms with Gasteiger partial charge in [-0.05, 0) is 44.5 Å². The summed E-state index contributed by atoms with van der Waals surface area (Å²) in [5.74, 6) is -0.0672. The standard InChI is InChI=1S/C15H17N3O2S2/c1-4-13(22-15-18-17-10(3)21-15)14(20)16-12-7-5-11(6-8-12)9(2)19/h5-8,13H,4H2,1-3H3,(H,16,20)/t13-/m1/s1. The van der Waals surface area contributed by atoms with Crippen LogP contribution in [0.2, 0.25) is 0 Å². The van der Waals surface area contributed by atoms with E-state index in [2.05, 4.69) is 15.5 Å². The van der Waals surface area contributed by atoms with E-state index in [1.54, 1.807) is 24.3 Å². The largest absolute Gasteiger partial charge is 0.325 e. The molecule has 22 heavy (non-hydrogen) atoms. The van der Waals surface area contributed by atoms with Gasteiger partial charge >= 0.3 is 0 Å². The molecule has 0 unspecified atom stereocenters. The zero-order valence-electron chi connectivity index (χ0n) is 12.6. The van der Waals surface area contributed by atoms with Crippen LogP contribution in [0.3, 0.4) is 0 Å². The molecule has 2 aromatic rings. The Morgan fingerprint density at radius 1 is 1.27 bits per heavy atom. The van der Waals surface area contributed by atoms with Crippen molar-refractivity contribution in [3.63, 3.8) is 0 Å². The summed E-state index contributed by atoms with van der Waals surface area (Å²) >= 11 is 2.91. The van der Waals surface area contributed by atoms with E-state index in [9.17, 15) is 9.59 Å². The van der Waals surface area contributed by atoms with Crippen LogP contribution in [0.15, 0.2) is 28.6 Å². The van der Waals surface area contributed by atoms with Crippen LogP contribution >= 0.6 is 23.1 Å². The number of aryl methyl sites for hydroxylation is 1. The lowest BCUT2D eigenvalue weighted by atomic mass is 10.1. The molecule has 2 rings (SSSR count). The molecule has 0 saturated heterocycles. The highest BCUT2D eigenvalue weighted by molar-refractivity contribution is 8.02. The zero-order valence-corrected chi connectivity index (χ0v) is 14.3. The molecular weight excluding hydrogens is 318 g/mol. The summed E-state index contributed by atoms with van der Waals surface area (Å²) in [7, 11) is 0. The maximum absolute atomic E-state index is 12.3. The number of anilines is 1. The van der Waals surface area contributed by atoms with Gasteiger partial charge in [0.2, 0.25) is 5.91 Å². The van der Waals surface area contributed by atoms with E-state index in [1.807, 2.05) is 13.8 Å². The highest BCUT2D eigenvalue weighted by Crippen LogP contribution is 2.28. The van der Waals surface area contributed by atoms with Crippen molar-refractivity contribution in [3.8, 4) is 0 Å². The predicted octanol–water partition coefficient (Wildman–Crippen LogP) is 3.56. The van der Waals surface area contributed by atoms with Crippen LogP contribution in [0.1, 0.15) is 35.6 Å². The third-order valence-corrected chi connectivity index (χ3v) is 5.26. The molecule has 7 heteroatoms. The quantitative estimate of drug-likeness (QED) is 0.645. The first kappa shape index (κ1) is 16.6. The van der Waals surface area contributed by atoms with E-state index in [1.165, 1.54) is 30.0 Å². The Kier molecular flexibility index (Phi) is 5.68. The number of nitrogens with zero attached hydrogens (tertiary/aromatic N) is 2. The monoisotopic (exact) mass is 335 g/mol. The summed E-state index contributed by atoms with van der Waals surface area (Å²) < 4.78 is 0.798. The average molecular weight is 335 g/mol. The minimum Gasteiger partial charge on any atom is -0.325 e. The predicted molar refractivity (Wildman–Crippen MR) is 89.7 cm³/mol. The van der Waals surface area contributed by atoms with Crippen molar-refractivity contribution in [1.29, 1.82) is 0 Å². The van der Waals surface area contributed by atoms with Crippen LogP contribution in [0, 0.1) is 6.92 Å². The molecule has 1 aromatic carbocycles. The van der Waals surface area contributed by atoms with Crippen molar-refractivity contribution in [2.75, 3.05) is 5.32 Å². The van der Waals surface area contributed by atoms with Crippen molar-refractivity contribution in [2.45, 2.75) is 36.8 Å². The minimum atomic E-state index is -0.222. The molecule has 116 valence electrons. The van der Waals surface area contributed by atoms with Gasteiger partial charge in [-0.3, -0.25) is 9.59 Å². The lowest BCUT2D eigenvalue weighted by Crippen LogP contribution is -2.24. The first-order valence-corrected chi connectivity index (χ1v) is 8.58. The van der Waals surface area contributed by atoms with Gasteiger partial charge in [-0.2, -0.15) is 0 Å². The van der Waals surface area contributed by atoms with Crippen molar-refractivity contribution in [1.82, 2.24) is 10.2 Å². The zero-order chi connectivity index (χ0) is 16.1. The van der Waals surface area contributed by atoms with Gasteiger partial charge in [0.15, 0.2) is 10.1 Å². The molecule has 0 spiro atoms. The summed E-state index contributed by atoms with van der Waals surface area (Å²) in [4.78, 5) is 23.6. The molecule has 1 heterocycles. The summed E-state index contributed by atoms with van der Waals surface area (Å²) in [6.45, 7) is 5.37. The normalized spacial score (nSPS) is 12.0. The van der Waals surface area contributed by atoms with Crippen LogP contribution in [-0.4, -0.2) is 27.1 Å². The maximum Gasteiger partial charge on any atom is 0.237 e.